The van der Waals surface area contributed by atoms with Crippen LogP contribution in [0.5, 0.6) is 0 Å². The molecule has 0 aliphatic carbocycles. The lowest BCUT2D eigenvalue weighted by atomic mass is 9.80. The van der Waals surface area contributed by atoms with Crippen molar-refractivity contribution in [1.29, 1.82) is 0 Å². The van der Waals surface area contributed by atoms with Gasteiger partial charge in [-0.1, -0.05) is 18.2 Å². The third-order valence-corrected chi connectivity index (χ3v) is 3.05. The van der Waals surface area contributed by atoms with Gasteiger partial charge in [0.1, 0.15) is 0 Å². The van der Waals surface area contributed by atoms with E-state index in [4.69, 9.17) is 5.11 Å². The van der Waals surface area contributed by atoms with Gasteiger partial charge in [-0.15, -0.1) is 0 Å². The minimum atomic E-state index is -1.18. The lowest BCUT2D eigenvalue weighted by Gasteiger charge is -2.28. The molecule has 88 valence electrons. The van der Waals surface area contributed by atoms with E-state index in [0.717, 1.165) is 16.7 Å². The highest BCUT2D eigenvalue weighted by Crippen LogP contribution is 2.36. The van der Waals surface area contributed by atoms with E-state index in [0.29, 0.717) is 0 Å². The fourth-order valence-corrected chi connectivity index (χ4v) is 1.74. The Labute approximate surface area is 95.7 Å². The van der Waals surface area contributed by atoms with Crippen molar-refractivity contribution in [3.63, 3.8) is 0 Å². The van der Waals surface area contributed by atoms with Crippen LogP contribution >= 0.6 is 0 Å². The molecule has 2 N–H and O–H groups in total. The molecule has 0 radical (unpaired) electrons. The number of aliphatic carboxylic acids is 1. The van der Waals surface area contributed by atoms with E-state index >= 15 is 0 Å². The van der Waals surface area contributed by atoms with Crippen LogP contribution in [0.15, 0.2) is 18.2 Å². The second kappa shape index (κ2) is 4.26. The molecular weight excluding hydrogens is 204 g/mol. The zero-order valence-electron chi connectivity index (χ0n) is 10.1. The number of carboxylic acid groups (broad SMARTS) is 1. The molecule has 1 rings (SSSR count). The molecule has 0 fully saturated rings. The summed E-state index contributed by atoms with van der Waals surface area (Å²) < 4.78 is 0. The number of carbonyl (C=O) groups is 1. The van der Waals surface area contributed by atoms with Crippen LogP contribution in [0.4, 0.5) is 0 Å². The average molecular weight is 222 g/mol. The summed E-state index contributed by atoms with van der Waals surface area (Å²) in [6.45, 7) is 6.82. The summed E-state index contributed by atoms with van der Waals surface area (Å²) in [5.74, 6) is -0.998. The standard InChI is InChI=1S/C13H18O3/c1-8-6-5-7-9(2)10(8)11(14)13(3,4)12(15)16/h5-7,11,14H,1-4H3,(H,15,16). The summed E-state index contributed by atoms with van der Waals surface area (Å²) in [5, 5.41) is 19.3. The van der Waals surface area contributed by atoms with E-state index in [1.54, 1.807) is 0 Å². The van der Waals surface area contributed by atoms with Gasteiger partial charge in [-0.2, -0.15) is 0 Å². The quantitative estimate of drug-likeness (QED) is 0.825. The molecule has 0 amide bonds. The van der Waals surface area contributed by atoms with Gasteiger partial charge < -0.3 is 10.2 Å². The third-order valence-electron chi connectivity index (χ3n) is 3.05. The molecule has 0 aromatic heterocycles. The molecule has 1 aromatic carbocycles. The van der Waals surface area contributed by atoms with E-state index in [1.165, 1.54) is 13.8 Å². The van der Waals surface area contributed by atoms with Gasteiger partial charge in [0.05, 0.1) is 11.5 Å². The highest BCUT2D eigenvalue weighted by atomic mass is 16.4. The average Bonchev–Trinajstić information content (AvgIpc) is 2.16. The van der Waals surface area contributed by atoms with Crippen molar-refractivity contribution >= 4 is 5.97 Å². The number of hydrogen-bond donors (Lipinski definition) is 2. The highest BCUT2D eigenvalue weighted by molar-refractivity contribution is 5.75. The van der Waals surface area contributed by atoms with Crippen LogP contribution in [0.2, 0.25) is 0 Å². The van der Waals surface area contributed by atoms with E-state index < -0.39 is 17.5 Å². The lowest BCUT2D eigenvalue weighted by Crippen LogP contribution is -2.32. The Morgan fingerprint density at radius 2 is 1.69 bits per heavy atom. The van der Waals surface area contributed by atoms with Crippen LogP contribution in [-0.2, 0) is 4.79 Å². The van der Waals surface area contributed by atoms with E-state index in [1.807, 2.05) is 32.0 Å². The van der Waals surface area contributed by atoms with Gasteiger partial charge in [0.2, 0.25) is 0 Å². The number of hydrogen-bond acceptors (Lipinski definition) is 2. The molecule has 0 heterocycles. The number of benzene rings is 1. The molecule has 3 heteroatoms. The molecule has 16 heavy (non-hydrogen) atoms. The molecule has 0 saturated heterocycles. The minimum absolute atomic E-state index is 0.718. The van der Waals surface area contributed by atoms with E-state index in [9.17, 15) is 9.90 Å². The SMILES string of the molecule is Cc1cccc(C)c1C(O)C(C)(C)C(=O)O. The van der Waals surface area contributed by atoms with Gasteiger partial charge in [0, 0.05) is 0 Å². The van der Waals surface area contributed by atoms with Crippen LogP contribution in [-0.4, -0.2) is 16.2 Å². The largest absolute Gasteiger partial charge is 0.481 e. The summed E-state index contributed by atoms with van der Waals surface area (Å²) in [5.41, 5.74) is 1.37. The molecule has 0 spiro atoms. The van der Waals surface area contributed by atoms with Crippen molar-refractivity contribution in [2.75, 3.05) is 0 Å². The van der Waals surface area contributed by atoms with E-state index in [-0.39, 0.29) is 0 Å². The maximum atomic E-state index is 11.1. The van der Waals surface area contributed by atoms with Gasteiger partial charge in [-0.3, -0.25) is 4.79 Å². The topological polar surface area (TPSA) is 57.5 Å². The van der Waals surface area contributed by atoms with Gasteiger partial charge in [-0.05, 0) is 44.4 Å². The Balaban J connectivity index is 3.24. The molecule has 1 unspecified atom stereocenters. The van der Waals surface area contributed by atoms with Gasteiger partial charge in [-0.25, -0.2) is 0 Å². The molecule has 0 bridgehead atoms. The highest BCUT2D eigenvalue weighted by Gasteiger charge is 2.37. The van der Waals surface area contributed by atoms with Gasteiger partial charge >= 0.3 is 5.97 Å². The third kappa shape index (κ3) is 2.09. The summed E-state index contributed by atoms with van der Waals surface area (Å²) >= 11 is 0. The van der Waals surface area contributed by atoms with Crippen LogP contribution in [0.25, 0.3) is 0 Å². The van der Waals surface area contributed by atoms with Crippen molar-refractivity contribution in [2.24, 2.45) is 5.41 Å². The van der Waals surface area contributed by atoms with Gasteiger partial charge in [0.25, 0.3) is 0 Å². The molecule has 1 atom stereocenters. The fourth-order valence-electron chi connectivity index (χ4n) is 1.74. The molecule has 0 saturated carbocycles. The Hall–Kier alpha value is -1.35. The second-order valence-electron chi connectivity index (χ2n) is 4.73. The molecule has 0 aliphatic rings. The number of rotatable bonds is 3. The van der Waals surface area contributed by atoms with Crippen LogP contribution in [0.3, 0.4) is 0 Å². The first-order chi connectivity index (χ1) is 7.28. The number of aliphatic hydroxyl groups is 1. The number of aliphatic hydroxyl groups excluding tert-OH is 1. The van der Waals surface area contributed by atoms with Crippen molar-refractivity contribution in [3.05, 3.63) is 34.9 Å². The number of carboxylic acids is 1. The maximum Gasteiger partial charge on any atom is 0.312 e. The predicted octanol–water partition coefficient (Wildman–Crippen LogP) is 2.45. The Morgan fingerprint density at radius 3 is 2.06 bits per heavy atom. The summed E-state index contributed by atoms with van der Waals surface area (Å²) in [4.78, 5) is 11.1. The van der Waals surface area contributed by atoms with Gasteiger partial charge in [0.15, 0.2) is 0 Å². The molecule has 3 nitrogen and oxygen atoms in total. The van der Waals surface area contributed by atoms with Crippen molar-refractivity contribution in [3.8, 4) is 0 Å². The van der Waals surface area contributed by atoms with Crippen LogP contribution < -0.4 is 0 Å². The molecule has 0 aliphatic heterocycles. The first-order valence-electron chi connectivity index (χ1n) is 5.26. The van der Waals surface area contributed by atoms with Crippen LogP contribution in [0.1, 0.15) is 36.6 Å². The lowest BCUT2D eigenvalue weighted by molar-refractivity contribution is -0.153. The van der Waals surface area contributed by atoms with Crippen molar-refractivity contribution in [1.82, 2.24) is 0 Å². The van der Waals surface area contributed by atoms with Crippen LogP contribution in [0, 0.1) is 19.3 Å². The maximum absolute atomic E-state index is 11.1. The summed E-state index contributed by atoms with van der Waals surface area (Å²) in [6.07, 6.45) is -0.994. The Morgan fingerprint density at radius 1 is 1.25 bits per heavy atom. The second-order valence-corrected chi connectivity index (χ2v) is 4.73. The monoisotopic (exact) mass is 222 g/mol. The number of aryl methyl sites for hydroxylation is 2. The molecule has 1 aromatic rings. The zero-order valence-corrected chi connectivity index (χ0v) is 10.1. The van der Waals surface area contributed by atoms with Crippen molar-refractivity contribution in [2.45, 2.75) is 33.8 Å². The fraction of sp³-hybridized carbons (Fsp3) is 0.462. The summed E-state index contributed by atoms with van der Waals surface area (Å²) in [6, 6.07) is 5.65. The predicted molar refractivity (Wildman–Crippen MR) is 62.3 cm³/mol. The zero-order chi connectivity index (χ0) is 12.5. The first-order valence-corrected chi connectivity index (χ1v) is 5.26. The van der Waals surface area contributed by atoms with Crippen molar-refractivity contribution < 1.29 is 15.0 Å². The normalized spacial score (nSPS) is 13.6. The minimum Gasteiger partial charge on any atom is -0.481 e. The first kappa shape index (κ1) is 12.7. The molecular formula is C13H18O3. The Kier molecular flexibility index (Phi) is 3.38. The summed E-state index contributed by atoms with van der Waals surface area (Å²) in [7, 11) is 0. The smallest absolute Gasteiger partial charge is 0.312 e. The van der Waals surface area contributed by atoms with E-state index in [2.05, 4.69) is 0 Å². The Bertz CT molecular complexity index is 387.